The van der Waals surface area contributed by atoms with Gasteiger partial charge in [-0.2, -0.15) is 10.2 Å². The number of hydrogen-bond donors (Lipinski definition) is 1. The standard InChI is InChI=1S/C24H21F2N5O/c25-18-8-9-23(20(26)13-18)31-22-7-2-6-21(19(22)14-28-31)29-24(32)17-5-1-4-16(12-17)15-30-11-3-10-27-30/h1,3-5,8-14,21H,2,6-7,15H2,(H,29,32). The van der Waals surface area contributed by atoms with Crippen LogP contribution in [-0.4, -0.2) is 25.5 Å². The van der Waals surface area contributed by atoms with Crippen molar-refractivity contribution >= 4 is 5.91 Å². The third-order valence-electron chi connectivity index (χ3n) is 5.72. The molecule has 1 N–H and O–H groups in total. The Morgan fingerprint density at radius 1 is 1.12 bits per heavy atom. The molecule has 8 heteroatoms. The molecule has 32 heavy (non-hydrogen) atoms. The molecule has 1 unspecified atom stereocenters. The largest absolute Gasteiger partial charge is 0.345 e. The maximum atomic E-state index is 14.3. The van der Waals surface area contributed by atoms with Crippen LogP contribution in [0.3, 0.4) is 0 Å². The van der Waals surface area contributed by atoms with Crippen molar-refractivity contribution in [3.8, 4) is 5.69 Å². The molecular formula is C24H21F2N5O. The number of nitrogens with zero attached hydrogens (tertiary/aromatic N) is 4. The van der Waals surface area contributed by atoms with Gasteiger partial charge in [-0.05, 0) is 55.2 Å². The number of rotatable bonds is 5. The fourth-order valence-corrected chi connectivity index (χ4v) is 4.20. The SMILES string of the molecule is O=C(NC1CCCc2c1cnn2-c1ccc(F)cc1F)c1cccc(Cn2cccn2)c1. The van der Waals surface area contributed by atoms with Crippen LogP contribution in [0.15, 0.2) is 67.1 Å². The topological polar surface area (TPSA) is 64.7 Å². The molecule has 1 aliphatic rings. The van der Waals surface area contributed by atoms with Gasteiger partial charge < -0.3 is 5.32 Å². The first kappa shape index (κ1) is 20.1. The maximum Gasteiger partial charge on any atom is 0.251 e. The van der Waals surface area contributed by atoms with Crippen LogP contribution in [0.2, 0.25) is 0 Å². The normalized spacial score (nSPS) is 15.4. The number of nitrogens with one attached hydrogen (secondary N) is 1. The second-order valence-electron chi connectivity index (χ2n) is 7.88. The number of carbonyl (C=O) groups excluding carboxylic acids is 1. The van der Waals surface area contributed by atoms with Crippen molar-refractivity contribution in [2.45, 2.75) is 31.8 Å². The lowest BCUT2D eigenvalue weighted by Gasteiger charge is -2.24. The monoisotopic (exact) mass is 433 g/mol. The number of amides is 1. The first-order valence-electron chi connectivity index (χ1n) is 10.5. The summed E-state index contributed by atoms with van der Waals surface area (Å²) < 4.78 is 30.9. The van der Waals surface area contributed by atoms with Gasteiger partial charge in [0.05, 0.1) is 18.8 Å². The van der Waals surface area contributed by atoms with Gasteiger partial charge in [-0.3, -0.25) is 9.48 Å². The van der Waals surface area contributed by atoms with Gasteiger partial charge in [0, 0.05) is 35.3 Å². The van der Waals surface area contributed by atoms with E-state index in [0.29, 0.717) is 18.5 Å². The van der Waals surface area contributed by atoms with Crippen LogP contribution in [0.5, 0.6) is 0 Å². The lowest BCUT2D eigenvalue weighted by atomic mass is 9.92. The Bertz CT molecular complexity index is 1270. The van der Waals surface area contributed by atoms with Gasteiger partial charge in [0.2, 0.25) is 0 Å². The van der Waals surface area contributed by atoms with Gasteiger partial charge >= 0.3 is 0 Å². The van der Waals surface area contributed by atoms with Crippen molar-refractivity contribution in [1.82, 2.24) is 24.9 Å². The number of halogens is 2. The molecule has 2 aromatic carbocycles. The van der Waals surface area contributed by atoms with Crippen LogP contribution in [0.1, 0.15) is 46.1 Å². The first-order valence-corrected chi connectivity index (χ1v) is 10.5. The molecule has 0 fully saturated rings. The van der Waals surface area contributed by atoms with E-state index in [0.717, 1.165) is 35.7 Å². The zero-order valence-corrected chi connectivity index (χ0v) is 17.2. The van der Waals surface area contributed by atoms with Crippen molar-refractivity contribution in [3.63, 3.8) is 0 Å². The third kappa shape index (κ3) is 3.91. The number of carbonyl (C=O) groups is 1. The Balaban J connectivity index is 1.36. The zero-order valence-electron chi connectivity index (χ0n) is 17.2. The average molecular weight is 433 g/mol. The molecule has 2 heterocycles. The predicted molar refractivity (Wildman–Crippen MR) is 114 cm³/mol. The molecule has 1 amide bonds. The summed E-state index contributed by atoms with van der Waals surface area (Å²) in [6, 6.07) is 12.5. The van der Waals surface area contributed by atoms with Crippen LogP contribution in [0.4, 0.5) is 8.78 Å². The highest BCUT2D eigenvalue weighted by atomic mass is 19.1. The van der Waals surface area contributed by atoms with E-state index >= 15 is 0 Å². The number of aromatic nitrogens is 4. The van der Waals surface area contributed by atoms with Crippen LogP contribution in [-0.2, 0) is 13.0 Å². The Labute approximate surface area is 183 Å². The van der Waals surface area contributed by atoms with E-state index in [2.05, 4.69) is 15.5 Å². The molecular weight excluding hydrogens is 412 g/mol. The number of benzene rings is 2. The maximum absolute atomic E-state index is 14.3. The zero-order chi connectivity index (χ0) is 22.1. The summed E-state index contributed by atoms with van der Waals surface area (Å²) in [6.45, 7) is 0.581. The van der Waals surface area contributed by atoms with Gasteiger partial charge in [0.15, 0.2) is 5.82 Å². The molecule has 2 aromatic heterocycles. The van der Waals surface area contributed by atoms with Crippen molar-refractivity contribution in [3.05, 3.63) is 101 Å². The highest BCUT2D eigenvalue weighted by Gasteiger charge is 2.27. The van der Waals surface area contributed by atoms with Crippen LogP contribution >= 0.6 is 0 Å². The van der Waals surface area contributed by atoms with Gasteiger partial charge in [-0.25, -0.2) is 13.5 Å². The highest BCUT2D eigenvalue weighted by Crippen LogP contribution is 2.32. The molecule has 5 rings (SSSR count). The fourth-order valence-electron chi connectivity index (χ4n) is 4.20. The second kappa shape index (κ2) is 8.37. The van der Waals surface area contributed by atoms with E-state index in [9.17, 15) is 13.6 Å². The quantitative estimate of drug-likeness (QED) is 0.513. The van der Waals surface area contributed by atoms with Crippen LogP contribution in [0, 0.1) is 11.6 Å². The van der Waals surface area contributed by atoms with Crippen LogP contribution < -0.4 is 5.32 Å². The minimum absolute atomic E-state index is 0.175. The minimum atomic E-state index is -0.670. The molecule has 0 saturated carbocycles. The Kier molecular flexibility index (Phi) is 5.26. The summed E-state index contributed by atoms with van der Waals surface area (Å²) in [7, 11) is 0. The molecule has 1 atom stereocenters. The Morgan fingerprint density at radius 2 is 2.03 bits per heavy atom. The van der Waals surface area contributed by atoms with Gasteiger partial charge in [0.1, 0.15) is 11.5 Å². The molecule has 1 aliphatic carbocycles. The second-order valence-corrected chi connectivity index (χ2v) is 7.88. The van der Waals surface area contributed by atoms with Gasteiger partial charge in [0.25, 0.3) is 5.91 Å². The van der Waals surface area contributed by atoms with E-state index < -0.39 is 11.6 Å². The van der Waals surface area contributed by atoms with Crippen molar-refractivity contribution < 1.29 is 13.6 Å². The van der Waals surface area contributed by atoms with Gasteiger partial charge in [-0.1, -0.05) is 12.1 Å². The lowest BCUT2D eigenvalue weighted by Crippen LogP contribution is -2.31. The molecule has 4 aromatic rings. The fraction of sp³-hybridized carbons (Fsp3) is 0.208. The predicted octanol–water partition coefficient (Wildman–Crippen LogP) is 4.20. The summed E-state index contributed by atoms with van der Waals surface area (Å²) in [4.78, 5) is 13.0. The van der Waals surface area contributed by atoms with Crippen molar-refractivity contribution in [2.24, 2.45) is 0 Å². The molecule has 162 valence electrons. The lowest BCUT2D eigenvalue weighted by molar-refractivity contribution is 0.0932. The molecule has 0 spiro atoms. The van der Waals surface area contributed by atoms with E-state index in [-0.39, 0.29) is 17.6 Å². The van der Waals surface area contributed by atoms with Crippen LogP contribution in [0.25, 0.3) is 5.69 Å². The molecule has 0 radical (unpaired) electrons. The highest BCUT2D eigenvalue weighted by molar-refractivity contribution is 5.94. The number of hydrogen-bond acceptors (Lipinski definition) is 3. The van der Waals surface area contributed by atoms with E-state index in [1.807, 2.05) is 30.5 Å². The Morgan fingerprint density at radius 3 is 2.84 bits per heavy atom. The summed E-state index contributed by atoms with van der Waals surface area (Å²) in [6.07, 6.45) is 7.55. The molecule has 6 nitrogen and oxygen atoms in total. The summed E-state index contributed by atoms with van der Waals surface area (Å²) in [5.41, 5.74) is 3.44. The Hall–Kier alpha value is -3.81. The molecule has 0 bridgehead atoms. The van der Waals surface area contributed by atoms with Crippen molar-refractivity contribution in [2.75, 3.05) is 0 Å². The minimum Gasteiger partial charge on any atom is -0.345 e. The van der Waals surface area contributed by atoms with E-state index in [1.165, 1.54) is 16.8 Å². The van der Waals surface area contributed by atoms with Crippen molar-refractivity contribution in [1.29, 1.82) is 0 Å². The number of fused-ring (bicyclic) bond motifs is 1. The molecule has 0 aliphatic heterocycles. The van der Waals surface area contributed by atoms with E-state index in [1.54, 1.807) is 23.1 Å². The smallest absolute Gasteiger partial charge is 0.251 e. The van der Waals surface area contributed by atoms with E-state index in [4.69, 9.17) is 0 Å². The summed E-state index contributed by atoms with van der Waals surface area (Å²) in [5.74, 6) is -1.48. The summed E-state index contributed by atoms with van der Waals surface area (Å²) in [5, 5.41) is 11.6. The molecule has 0 saturated heterocycles. The first-order chi connectivity index (χ1) is 15.6. The third-order valence-corrected chi connectivity index (χ3v) is 5.72. The average Bonchev–Trinajstić information content (AvgIpc) is 3.45. The summed E-state index contributed by atoms with van der Waals surface area (Å²) >= 11 is 0. The van der Waals surface area contributed by atoms with Gasteiger partial charge in [-0.15, -0.1) is 0 Å².